The van der Waals surface area contributed by atoms with Crippen molar-refractivity contribution in [3.63, 3.8) is 0 Å². The number of hydrogen-bond acceptors (Lipinski definition) is 6. The minimum atomic E-state index is -0.332. The number of aromatic nitrogens is 1. The molecule has 5 rings (SSSR count). The zero-order chi connectivity index (χ0) is 25.8. The number of benzene rings is 2. The molecule has 3 aromatic rings. The highest BCUT2D eigenvalue weighted by atomic mass is 19.1. The van der Waals surface area contributed by atoms with E-state index >= 15 is 0 Å². The predicted octanol–water partition coefficient (Wildman–Crippen LogP) is 4.19. The molecule has 1 N–H and O–H groups in total. The van der Waals surface area contributed by atoms with Gasteiger partial charge < -0.3 is 24.1 Å². The molecule has 0 spiro atoms. The highest BCUT2D eigenvalue weighted by Crippen LogP contribution is 2.37. The fourth-order valence-corrected chi connectivity index (χ4v) is 4.89. The maximum atomic E-state index is 13.6. The molecule has 2 aliphatic rings. The molecule has 37 heavy (non-hydrogen) atoms. The highest BCUT2D eigenvalue weighted by Gasteiger charge is 2.31. The fourth-order valence-electron chi connectivity index (χ4n) is 4.89. The van der Waals surface area contributed by atoms with Crippen LogP contribution in [0.2, 0.25) is 0 Å². The number of amides is 2. The number of rotatable bonds is 8. The Kier molecular flexibility index (Phi) is 7.50. The maximum Gasteiger partial charge on any atom is 0.273 e. The van der Waals surface area contributed by atoms with Crippen molar-refractivity contribution in [2.75, 3.05) is 19.7 Å². The summed E-state index contributed by atoms with van der Waals surface area (Å²) in [6.45, 7) is 3.64. The molecule has 1 fully saturated rings. The van der Waals surface area contributed by atoms with Crippen molar-refractivity contribution < 1.29 is 27.9 Å². The number of nitrogens with one attached hydrogen (secondary N) is 1. The quantitative estimate of drug-likeness (QED) is 0.492. The number of nitrogens with zero attached hydrogens (tertiary/aromatic N) is 2. The molecular formula is C28H30FN3O5. The van der Waals surface area contributed by atoms with E-state index in [0.717, 1.165) is 42.6 Å². The van der Waals surface area contributed by atoms with Crippen molar-refractivity contribution in [2.45, 2.75) is 51.4 Å². The Balaban J connectivity index is 1.29. The van der Waals surface area contributed by atoms with Gasteiger partial charge in [-0.3, -0.25) is 9.59 Å². The van der Waals surface area contributed by atoms with Crippen molar-refractivity contribution in [1.82, 2.24) is 15.2 Å². The van der Waals surface area contributed by atoms with Crippen molar-refractivity contribution in [1.29, 1.82) is 0 Å². The Morgan fingerprint density at radius 2 is 2.05 bits per heavy atom. The van der Waals surface area contributed by atoms with E-state index in [4.69, 9.17) is 13.9 Å². The molecule has 8 nitrogen and oxygen atoms in total. The fraction of sp³-hybridized carbons (Fsp3) is 0.393. The SMILES string of the molecule is CCC(=O)N1CCc2ccc(OCc3nc(C(=O)NC[C@H]4CCCO4)co3)cc2[C@@H]1c1ccc(F)cc1. The van der Waals surface area contributed by atoms with Crippen LogP contribution in [0.25, 0.3) is 0 Å². The van der Waals surface area contributed by atoms with Gasteiger partial charge in [0.05, 0.1) is 12.1 Å². The van der Waals surface area contributed by atoms with Crippen molar-refractivity contribution in [3.8, 4) is 5.75 Å². The Labute approximate surface area is 214 Å². The second kappa shape index (κ2) is 11.1. The molecule has 1 saturated heterocycles. The zero-order valence-electron chi connectivity index (χ0n) is 20.7. The molecule has 3 heterocycles. The third-order valence-electron chi connectivity index (χ3n) is 6.82. The molecule has 9 heteroatoms. The van der Waals surface area contributed by atoms with Crippen LogP contribution in [0.1, 0.15) is 65.3 Å². The molecule has 0 saturated carbocycles. The molecule has 2 amide bonds. The summed E-state index contributed by atoms with van der Waals surface area (Å²) in [6.07, 6.45) is 4.41. The van der Waals surface area contributed by atoms with Crippen LogP contribution < -0.4 is 10.1 Å². The highest BCUT2D eigenvalue weighted by molar-refractivity contribution is 5.91. The average Bonchev–Trinajstić information content (AvgIpc) is 3.62. The molecule has 2 aromatic carbocycles. The van der Waals surface area contributed by atoms with Gasteiger partial charge in [0.2, 0.25) is 11.8 Å². The number of carbonyl (C=O) groups is 2. The number of halogens is 1. The Hall–Kier alpha value is -3.72. The topological polar surface area (TPSA) is 93.9 Å². The third kappa shape index (κ3) is 5.67. The summed E-state index contributed by atoms with van der Waals surface area (Å²) in [4.78, 5) is 31.2. The molecule has 1 aromatic heterocycles. The normalized spacial score (nSPS) is 18.9. The first-order chi connectivity index (χ1) is 18.0. The predicted molar refractivity (Wildman–Crippen MR) is 133 cm³/mol. The summed E-state index contributed by atoms with van der Waals surface area (Å²) in [5, 5.41) is 2.82. The van der Waals surface area contributed by atoms with Crippen molar-refractivity contribution >= 4 is 11.8 Å². The number of ether oxygens (including phenoxy) is 2. The lowest BCUT2D eigenvalue weighted by Crippen LogP contribution is -2.40. The van der Waals surface area contributed by atoms with E-state index in [1.807, 2.05) is 30.0 Å². The number of hydrogen-bond donors (Lipinski definition) is 1. The van der Waals surface area contributed by atoms with Gasteiger partial charge in [-0.05, 0) is 60.2 Å². The Morgan fingerprint density at radius 1 is 1.22 bits per heavy atom. The van der Waals surface area contributed by atoms with E-state index in [1.165, 1.54) is 18.4 Å². The Morgan fingerprint density at radius 3 is 2.81 bits per heavy atom. The molecule has 194 valence electrons. The lowest BCUT2D eigenvalue weighted by atomic mass is 9.87. The van der Waals surface area contributed by atoms with E-state index < -0.39 is 0 Å². The van der Waals surface area contributed by atoms with Crippen molar-refractivity contribution in [3.05, 3.63) is 82.8 Å². The van der Waals surface area contributed by atoms with E-state index in [1.54, 1.807) is 12.1 Å². The molecule has 0 bridgehead atoms. The lowest BCUT2D eigenvalue weighted by molar-refractivity contribution is -0.132. The van der Waals surface area contributed by atoms with Gasteiger partial charge >= 0.3 is 0 Å². The number of carbonyl (C=O) groups excluding carboxylic acids is 2. The van der Waals surface area contributed by atoms with Gasteiger partial charge in [-0.1, -0.05) is 25.1 Å². The third-order valence-corrected chi connectivity index (χ3v) is 6.82. The van der Waals surface area contributed by atoms with Crippen LogP contribution in [0.4, 0.5) is 4.39 Å². The summed E-state index contributed by atoms with van der Waals surface area (Å²) < 4.78 is 30.5. The molecule has 2 atom stereocenters. The van der Waals surface area contributed by atoms with E-state index in [2.05, 4.69) is 10.3 Å². The van der Waals surface area contributed by atoms with Gasteiger partial charge in [0.25, 0.3) is 5.91 Å². The first-order valence-corrected chi connectivity index (χ1v) is 12.7. The van der Waals surface area contributed by atoms with Crippen LogP contribution in [0, 0.1) is 5.82 Å². The van der Waals surface area contributed by atoms with E-state index in [9.17, 15) is 14.0 Å². The van der Waals surface area contributed by atoms with Gasteiger partial charge in [0.15, 0.2) is 12.3 Å². The van der Waals surface area contributed by atoms with Crippen LogP contribution in [0.5, 0.6) is 5.75 Å². The summed E-state index contributed by atoms with van der Waals surface area (Å²) >= 11 is 0. The minimum Gasteiger partial charge on any atom is -0.484 e. The summed E-state index contributed by atoms with van der Waals surface area (Å²) in [7, 11) is 0. The first-order valence-electron chi connectivity index (χ1n) is 12.7. The van der Waals surface area contributed by atoms with Crippen LogP contribution in [0.3, 0.4) is 0 Å². The van der Waals surface area contributed by atoms with Gasteiger partial charge in [-0.15, -0.1) is 0 Å². The molecular weight excluding hydrogens is 477 g/mol. The molecule has 2 aliphatic heterocycles. The van der Waals surface area contributed by atoms with Gasteiger partial charge in [0, 0.05) is 26.1 Å². The number of oxazole rings is 1. The monoisotopic (exact) mass is 507 g/mol. The summed E-state index contributed by atoms with van der Waals surface area (Å²) in [5.74, 6) is 0.256. The smallest absolute Gasteiger partial charge is 0.273 e. The minimum absolute atomic E-state index is 0.0383. The van der Waals surface area contributed by atoms with Gasteiger partial charge in [-0.2, -0.15) is 0 Å². The van der Waals surface area contributed by atoms with E-state index in [0.29, 0.717) is 25.3 Å². The van der Waals surface area contributed by atoms with Crippen LogP contribution in [-0.2, 0) is 22.6 Å². The second-order valence-electron chi connectivity index (χ2n) is 9.27. The maximum absolute atomic E-state index is 13.6. The first kappa shape index (κ1) is 25.0. The molecule has 0 unspecified atom stereocenters. The number of fused-ring (bicyclic) bond motifs is 1. The Bertz CT molecular complexity index is 1250. The average molecular weight is 508 g/mol. The van der Waals surface area contributed by atoms with Gasteiger partial charge in [-0.25, -0.2) is 9.37 Å². The summed E-state index contributed by atoms with van der Waals surface area (Å²) in [5.41, 5.74) is 3.08. The van der Waals surface area contributed by atoms with Crippen LogP contribution in [0.15, 0.2) is 53.1 Å². The standard InChI is InChI=1S/C28H30FN3O5/c1-2-26(33)32-12-11-18-7-10-21(14-23(18)27(32)19-5-8-20(29)9-6-19)36-17-25-31-24(16-37-25)28(34)30-15-22-4-3-13-35-22/h5-10,14,16,22,27H,2-4,11-13,15,17H2,1H3,(H,30,34)/t22-,27+/m1/s1. The van der Waals surface area contributed by atoms with Crippen molar-refractivity contribution in [2.24, 2.45) is 0 Å². The van der Waals surface area contributed by atoms with E-state index in [-0.39, 0.29) is 48.0 Å². The second-order valence-corrected chi connectivity index (χ2v) is 9.27. The molecule has 0 aliphatic carbocycles. The zero-order valence-corrected chi connectivity index (χ0v) is 20.7. The molecule has 0 radical (unpaired) electrons. The largest absolute Gasteiger partial charge is 0.484 e. The summed E-state index contributed by atoms with van der Waals surface area (Å²) in [6, 6.07) is 11.7. The van der Waals surface area contributed by atoms with Gasteiger partial charge in [0.1, 0.15) is 17.8 Å². The lowest BCUT2D eigenvalue weighted by Gasteiger charge is -2.38. The van der Waals surface area contributed by atoms with Crippen LogP contribution >= 0.6 is 0 Å². The van der Waals surface area contributed by atoms with Crippen LogP contribution in [-0.4, -0.2) is 47.5 Å².